The Bertz CT molecular complexity index is 338. The molecule has 1 rings (SSSR count). The molecular weight excluding hydrogens is 222 g/mol. The summed E-state index contributed by atoms with van der Waals surface area (Å²) in [5.41, 5.74) is 5.90. The molecule has 0 aromatic heterocycles. The van der Waals surface area contributed by atoms with Crippen molar-refractivity contribution in [1.29, 1.82) is 0 Å². The highest BCUT2D eigenvalue weighted by atomic mass is 16.7. The fourth-order valence-electron chi connectivity index (χ4n) is 1.52. The molecule has 1 aromatic carbocycles. The Hall–Kier alpha value is -1.59. The van der Waals surface area contributed by atoms with Gasteiger partial charge in [-0.05, 0) is 5.56 Å². The summed E-state index contributed by atoms with van der Waals surface area (Å²) in [6.45, 7) is 0. The van der Waals surface area contributed by atoms with Crippen LogP contribution in [0.25, 0.3) is 0 Å². The van der Waals surface area contributed by atoms with Crippen LogP contribution >= 0.6 is 0 Å². The topological polar surface area (TPSA) is 70.8 Å². The molecule has 0 aliphatic carbocycles. The highest BCUT2D eigenvalue weighted by Gasteiger charge is 2.20. The van der Waals surface area contributed by atoms with Crippen LogP contribution in [-0.4, -0.2) is 26.6 Å². The molecule has 1 atom stereocenters. The zero-order chi connectivity index (χ0) is 12.7. The summed E-state index contributed by atoms with van der Waals surface area (Å²) in [5.74, 6) is 0. The first-order valence-corrected chi connectivity index (χ1v) is 5.24. The third kappa shape index (κ3) is 4.42. The lowest BCUT2D eigenvalue weighted by Crippen LogP contribution is -2.23. The Morgan fingerprint density at radius 3 is 2.29 bits per heavy atom. The molecule has 17 heavy (non-hydrogen) atoms. The Kier molecular flexibility index (Phi) is 5.45. The van der Waals surface area contributed by atoms with Gasteiger partial charge >= 0.3 is 6.09 Å². The van der Waals surface area contributed by atoms with Crippen LogP contribution in [0.2, 0.25) is 0 Å². The van der Waals surface area contributed by atoms with Crippen molar-refractivity contribution in [3.8, 4) is 0 Å². The van der Waals surface area contributed by atoms with E-state index in [0.29, 0.717) is 6.42 Å². The number of benzene rings is 1. The van der Waals surface area contributed by atoms with E-state index in [1.54, 1.807) is 0 Å². The molecule has 0 spiro atoms. The van der Waals surface area contributed by atoms with Gasteiger partial charge in [-0.25, -0.2) is 4.79 Å². The monoisotopic (exact) mass is 239 g/mol. The standard InChI is InChI=1S/C12H17NO4/c1-15-11(16-2)8-10(17-12(13)14)9-6-4-3-5-7-9/h3-7,10-11H,8H2,1-2H3,(H2,13,14). The molecule has 2 N–H and O–H groups in total. The van der Waals surface area contributed by atoms with Crippen molar-refractivity contribution in [2.75, 3.05) is 14.2 Å². The van der Waals surface area contributed by atoms with Gasteiger partial charge in [0, 0.05) is 20.6 Å². The van der Waals surface area contributed by atoms with Gasteiger partial charge in [-0.15, -0.1) is 0 Å². The maximum absolute atomic E-state index is 10.9. The summed E-state index contributed by atoms with van der Waals surface area (Å²) in [5, 5.41) is 0. The van der Waals surface area contributed by atoms with E-state index in [1.807, 2.05) is 30.3 Å². The summed E-state index contributed by atoms with van der Waals surface area (Å²) >= 11 is 0. The van der Waals surface area contributed by atoms with E-state index in [9.17, 15) is 4.79 Å². The summed E-state index contributed by atoms with van der Waals surface area (Å²) < 4.78 is 15.2. The van der Waals surface area contributed by atoms with Crippen molar-refractivity contribution >= 4 is 6.09 Å². The van der Waals surface area contributed by atoms with Crippen molar-refractivity contribution < 1.29 is 19.0 Å². The highest BCUT2D eigenvalue weighted by molar-refractivity contribution is 5.65. The van der Waals surface area contributed by atoms with Gasteiger partial charge in [-0.3, -0.25) is 0 Å². The van der Waals surface area contributed by atoms with Gasteiger partial charge in [0.25, 0.3) is 0 Å². The number of hydrogen-bond donors (Lipinski definition) is 1. The minimum Gasteiger partial charge on any atom is -0.441 e. The maximum Gasteiger partial charge on any atom is 0.405 e. The molecule has 1 aromatic rings. The van der Waals surface area contributed by atoms with Crippen molar-refractivity contribution in [2.24, 2.45) is 5.73 Å². The van der Waals surface area contributed by atoms with Gasteiger partial charge in [-0.1, -0.05) is 30.3 Å². The zero-order valence-corrected chi connectivity index (χ0v) is 9.96. The Morgan fingerprint density at radius 1 is 1.24 bits per heavy atom. The van der Waals surface area contributed by atoms with E-state index < -0.39 is 18.5 Å². The summed E-state index contributed by atoms with van der Waals surface area (Å²) in [6.07, 6.45) is -1.34. The fraction of sp³-hybridized carbons (Fsp3) is 0.417. The summed E-state index contributed by atoms with van der Waals surface area (Å²) in [7, 11) is 3.06. The number of carbonyl (C=O) groups is 1. The van der Waals surface area contributed by atoms with Crippen LogP contribution in [0, 0.1) is 0 Å². The van der Waals surface area contributed by atoms with Crippen LogP contribution in [0.1, 0.15) is 18.1 Å². The normalized spacial score (nSPS) is 12.4. The van der Waals surface area contributed by atoms with Crippen molar-refractivity contribution in [1.82, 2.24) is 0 Å². The molecule has 1 unspecified atom stereocenters. The average Bonchev–Trinajstić information content (AvgIpc) is 2.35. The van der Waals surface area contributed by atoms with Crippen LogP contribution in [0.15, 0.2) is 30.3 Å². The quantitative estimate of drug-likeness (QED) is 0.769. The number of hydrogen-bond acceptors (Lipinski definition) is 4. The van der Waals surface area contributed by atoms with E-state index in [2.05, 4.69) is 0 Å². The Morgan fingerprint density at radius 2 is 1.82 bits per heavy atom. The second-order valence-corrected chi connectivity index (χ2v) is 3.47. The molecule has 0 radical (unpaired) electrons. The molecule has 5 nitrogen and oxygen atoms in total. The number of amides is 1. The van der Waals surface area contributed by atoms with Gasteiger partial charge in [0.2, 0.25) is 0 Å². The molecule has 0 fully saturated rings. The Labute approximate surface area is 100 Å². The molecule has 94 valence electrons. The van der Waals surface area contributed by atoms with Gasteiger partial charge < -0.3 is 19.9 Å². The van der Waals surface area contributed by atoms with Crippen molar-refractivity contribution in [3.05, 3.63) is 35.9 Å². The molecule has 0 bridgehead atoms. The molecular formula is C12H17NO4. The number of ether oxygens (including phenoxy) is 3. The van der Waals surface area contributed by atoms with Gasteiger partial charge in [-0.2, -0.15) is 0 Å². The lowest BCUT2D eigenvalue weighted by Gasteiger charge is -2.21. The SMILES string of the molecule is COC(CC(OC(N)=O)c1ccccc1)OC. The van der Waals surface area contributed by atoms with Gasteiger partial charge in [0.15, 0.2) is 6.29 Å². The minimum atomic E-state index is -0.815. The molecule has 5 heteroatoms. The number of rotatable bonds is 6. The van der Waals surface area contributed by atoms with Crippen molar-refractivity contribution in [2.45, 2.75) is 18.8 Å². The van der Waals surface area contributed by atoms with E-state index in [-0.39, 0.29) is 0 Å². The molecule has 0 saturated heterocycles. The number of methoxy groups -OCH3 is 2. The smallest absolute Gasteiger partial charge is 0.405 e. The molecule has 0 saturated carbocycles. The van der Waals surface area contributed by atoms with Gasteiger partial charge in [0.05, 0.1) is 0 Å². The zero-order valence-electron chi connectivity index (χ0n) is 9.96. The number of nitrogens with two attached hydrogens (primary N) is 1. The highest BCUT2D eigenvalue weighted by Crippen LogP contribution is 2.23. The lowest BCUT2D eigenvalue weighted by atomic mass is 10.1. The second kappa shape index (κ2) is 6.88. The van der Waals surface area contributed by atoms with E-state index in [0.717, 1.165) is 5.56 Å². The molecule has 0 heterocycles. The first-order chi connectivity index (χ1) is 8.17. The van der Waals surface area contributed by atoms with E-state index >= 15 is 0 Å². The van der Waals surface area contributed by atoms with Crippen LogP contribution < -0.4 is 5.73 Å². The minimum absolute atomic E-state index is 0.389. The Balaban J connectivity index is 2.77. The molecule has 0 aliphatic heterocycles. The number of primary amides is 1. The predicted octanol–water partition coefficient (Wildman–Crippen LogP) is 1.83. The number of carbonyl (C=O) groups excluding carboxylic acids is 1. The third-order valence-corrected chi connectivity index (χ3v) is 2.36. The largest absolute Gasteiger partial charge is 0.441 e. The van der Waals surface area contributed by atoms with E-state index in [1.165, 1.54) is 14.2 Å². The first-order valence-electron chi connectivity index (χ1n) is 5.24. The summed E-state index contributed by atoms with van der Waals surface area (Å²) in [6, 6.07) is 9.32. The summed E-state index contributed by atoms with van der Waals surface area (Å²) in [4.78, 5) is 10.9. The second-order valence-electron chi connectivity index (χ2n) is 3.47. The van der Waals surface area contributed by atoms with Crippen LogP contribution in [-0.2, 0) is 14.2 Å². The molecule has 1 amide bonds. The average molecular weight is 239 g/mol. The van der Waals surface area contributed by atoms with Crippen molar-refractivity contribution in [3.63, 3.8) is 0 Å². The lowest BCUT2D eigenvalue weighted by molar-refractivity contribution is -0.123. The molecule has 0 aliphatic rings. The first kappa shape index (κ1) is 13.5. The predicted molar refractivity (Wildman–Crippen MR) is 62.3 cm³/mol. The fourth-order valence-corrected chi connectivity index (χ4v) is 1.52. The van der Waals surface area contributed by atoms with Crippen LogP contribution in [0.5, 0.6) is 0 Å². The maximum atomic E-state index is 10.9. The van der Waals surface area contributed by atoms with Gasteiger partial charge in [0.1, 0.15) is 6.10 Å². The van der Waals surface area contributed by atoms with E-state index in [4.69, 9.17) is 19.9 Å². The van der Waals surface area contributed by atoms with Crippen LogP contribution in [0.4, 0.5) is 4.79 Å². The third-order valence-electron chi connectivity index (χ3n) is 2.36. The van der Waals surface area contributed by atoms with Crippen LogP contribution in [0.3, 0.4) is 0 Å².